The molecule has 2 saturated heterocycles. The number of rotatable bonds is 4. The van der Waals surface area contributed by atoms with Gasteiger partial charge in [0.25, 0.3) is 5.91 Å². The highest BCUT2D eigenvalue weighted by Gasteiger charge is 2.39. The summed E-state index contributed by atoms with van der Waals surface area (Å²) in [4.78, 5) is 14.8. The van der Waals surface area contributed by atoms with Crippen LogP contribution in [0.2, 0.25) is 0 Å². The van der Waals surface area contributed by atoms with Gasteiger partial charge in [0.2, 0.25) is 10.0 Å². The van der Waals surface area contributed by atoms with Crippen molar-refractivity contribution in [2.24, 2.45) is 0 Å². The standard InChI is InChI=1S/C18H22N2O4S2/c1-2-9-19-26(22,23)16-5-3-15(4-6-16)17(21)20-10-13-25-18(14-20)7-11-24-12-8-18/h1,3-6,19H,7-14H2. The van der Waals surface area contributed by atoms with Crippen molar-refractivity contribution in [3.8, 4) is 12.3 Å². The van der Waals surface area contributed by atoms with Gasteiger partial charge >= 0.3 is 0 Å². The Morgan fingerprint density at radius 1 is 1.31 bits per heavy atom. The van der Waals surface area contributed by atoms with Crippen LogP contribution in [-0.4, -0.2) is 62.6 Å². The fraction of sp³-hybridized carbons (Fsp3) is 0.500. The Labute approximate surface area is 158 Å². The molecule has 2 aliphatic rings. The molecule has 1 aromatic rings. The molecule has 3 rings (SSSR count). The number of hydrogen-bond acceptors (Lipinski definition) is 5. The zero-order valence-electron chi connectivity index (χ0n) is 14.4. The predicted molar refractivity (Wildman–Crippen MR) is 102 cm³/mol. The van der Waals surface area contributed by atoms with Crippen LogP contribution in [0.4, 0.5) is 0 Å². The zero-order valence-corrected chi connectivity index (χ0v) is 16.1. The average molecular weight is 395 g/mol. The van der Waals surface area contributed by atoms with Gasteiger partial charge in [0.1, 0.15) is 0 Å². The monoisotopic (exact) mass is 394 g/mol. The molecule has 26 heavy (non-hydrogen) atoms. The van der Waals surface area contributed by atoms with Gasteiger partial charge in [-0.15, -0.1) is 6.42 Å². The Morgan fingerprint density at radius 3 is 2.65 bits per heavy atom. The normalized spacial score (nSPS) is 19.9. The minimum Gasteiger partial charge on any atom is -0.381 e. The van der Waals surface area contributed by atoms with Gasteiger partial charge in [-0.3, -0.25) is 4.79 Å². The number of sulfonamides is 1. The second-order valence-corrected chi connectivity index (χ2v) is 9.75. The molecule has 1 aromatic carbocycles. The molecule has 0 saturated carbocycles. The summed E-state index contributed by atoms with van der Waals surface area (Å²) in [5.74, 6) is 3.08. The lowest BCUT2D eigenvalue weighted by Gasteiger charge is -2.44. The number of terminal acetylenes is 1. The van der Waals surface area contributed by atoms with Crippen molar-refractivity contribution in [3.05, 3.63) is 29.8 Å². The number of thioether (sulfide) groups is 1. The summed E-state index contributed by atoms with van der Waals surface area (Å²) in [5, 5.41) is 0. The van der Waals surface area contributed by atoms with E-state index in [2.05, 4.69) is 10.6 Å². The topological polar surface area (TPSA) is 75.7 Å². The Bertz CT molecular complexity index is 788. The molecule has 2 fully saturated rings. The van der Waals surface area contributed by atoms with Gasteiger partial charge in [0, 0.05) is 42.4 Å². The van der Waals surface area contributed by atoms with Crippen molar-refractivity contribution in [3.63, 3.8) is 0 Å². The molecule has 1 amide bonds. The average Bonchev–Trinajstić information content (AvgIpc) is 2.66. The molecular weight excluding hydrogens is 372 g/mol. The molecule has 8 heteroatoms. The smallest absolute Gasteiger partial charge is 0.253 e. The van der Waals surface area contributed by atoms with Gasteiger partial charge in [-0.1, -0.05) is 5.92 Å². The van der Waals surface area contributed by atoms with Crippen LogP contribution >= 0.6 is 11.8 Å². The van der Waals surface area contributed by atoms with Crippen molar-refractivity contribution < 1.29 is 17.9 Å². The Kier molecular flexibility index (Phi) is 5.92. The molecule has 1 N–H and O–H groups in total. The number of amides is 1. The molecule has 0 aliphatic carbocycles. The third-order valence-corrected chi connectivity index (χ3v) is 7.67. The van der Waals surface area contributed by atoms with Crippen molar-refractivity contribution in [2.75, 3.05) is 38.6 Å². The van der Waals surface area contributed by atoms with E-state index in [1.165, 1.54) is 12.1 Å². The van der Waals surface area contributed by atoms with E-state index >= 15 is 0 Å². The highest BCUT2D eigenvalue weighted by molar-refractivity contribution is 8.00. The van der Waals surface area contributed by atoms with Crippen LogP contribution in [0.3, 0.4) is 0 Å². The van der Waals surface area contributed by atoms with Crippen LogP contribution < -0.4 is 4.72 Å². The summed E-state index contributed by atoms with van der Waals surface area (Å²) in [6.07, 6.45) is 7.00. The van der Waals surface area contributed by atoms with E-state index < -0.39 is 10.0 Å². The van der Waals surface area contributed by atoms with Crippen LogP contribution in [0.5, 0.6) is 0 Å². The lowest BCUT2D eigenvalue weighted by Crippen LogP contribution is -2.51. The van der Waals surface area contributed by atoms with E-state index in [0.29, 0.717) is 18.7 Å². The van der Waals surface area contributed by atoms with Crippen LogP contribution in [0.15, 0.2) is 29.2 Å². The predicted octanol–water partition coefficient (Wildman–Crippen LogP) is 1.34. The SMILES string of the molecule is C#CCNS(=O)(=O)c1ccc(C(=O)N2CCSC3(CCOCC3)C2)cc1. The van der Waals surface area contributed by atoms with E-state index in [1.807, 2.05) is 16.7 Å². The van der Waals surface area contributed by atoms with Gasteiger partial charge in [-0.05, 0) is 37.1 Å². The fourth-order valence-corrected chi connectivity index (χ4v) is 5.62. The minimum atomic E-state index is -3.65. The molecule has 0 atom stereocenters. The van der Waals surface area contributed by atoms with Crippen LogP contribution in [0, 0.1) is 12.3 Å². The van der Waals surface area contributed by atoms with E-state index in [0.717, 1.165) is 31.8 Å². The molecule has 0 bridgehead atoms. The van der Waals surface area contributed by atoms with Gasteiger partial charge in [0.05, 0.1) is 11.4 Å². The van der Waals surface area contributed by atoms with Crippen molar-refractivity contribution >= 4 is 27.7 Å². The first kappa shape index (κ1) is 19.2. The fourth-order valence-electron chi connectivity index (χ4n) is 3.24. The summed E-state index contributed by atoms with van der Waals surface area (Å²) in [6, 6.07) is 6.00. The first-order chi connectivity index (χ1) is 12.5. The van der Waals surface area contributed by atoms with E-state index in [9.17, 15) is 13.2 Å². The van der Waals surface area contributed by atoms with Crippen molar-refractivity contribution in [2.45, 2.75) is 22.5 Å². The first-order valence-electron chi connectivity index (χ1n) is 8.50. The number of carbonyl (C=O) groups is 1. The highest BCUT2D eigenvalue weighted by atomic mass is 32.2. The molecule has 0 radical (unpaired) electrons. The largest absolute Gasteiger partial charge is 0.381 e. The molecule has 1 spiro atoms. The van der Waals surface area contributed by atoms with Gasteiger partial charge < -0.3 is 9.64 Å². The quantitative estimate of drug-likeness (QED) is 0.780. The Hall–Kier alpha value is -1.53. The van der Waals surface area contributed by atoms with Gasteiger partial charge in [0.15, 0.2) is 0 Å². The second-order valence-electron chi connectivity index (χ2n) is 6.42. The molecular formula is C18H22N2O4S2. The number of carbonyl (C=O) groups excluding carboxylic acids is 1. The van der Waals surface area contributed by atoms with Crippen molar-refractivity contribution in [1.29, 1.82) is 0 Å². The Balaban J connectivity index is 1.71. The Morgan fingerprint density at radius 2 is 2.00 bits per heavy atom. The number of hydrogen-bond donors (Lipinski definition) is 1. The lowest BCUT2D eigenvalue weighted by atomic mass is 9.97. The maximum absolute atomic E-state index is 12.9. The number of nitrogens with zero attached hydrogens (tertiary/aromatic N) is 1. The van der Waals surface area contributed by atoms with Crippen LogP contribution in [-0.2, 0) is 14.8 Å². The molecule has 0 aromatic heterocycles. The third-order valence-electron chi connectivity index (χ3n) is 4.72. The van der Waals surface area contributed by atoms with Crippen LogP contribution in [0.1, 0.15) is 23.2 Å². The van der Waals surface area contributed by atoms with E-state index in [4.69, 9.17) is 11.2 Å². The number of ether oxygens (including phenoxy) is 1. The molecule has 6 nitrogen and oxygen atoms in total. The third kappa shape index (κ3) is 4.23. The number of nitrogens with one attached hydrogen (secondary N) is 1. The second kappa shape index (κ2) is 8.01. The van der Waals surface area contributed by atoms with Crippen LogP contribution in [0.25, 0.3) is 0 Å². The number of benzene rings is 1. The summed E-state index contributed by atoms with van der Waals surface area (Å²) in [6.45, 7) is 2.83. The summed E-state index contributed by atoms with van der Waals surface area (Å²) in [5.41, 5.74) is 0.495. The maximum Gasteiger partial charge on any atom is 0.253 e. The summed E-state index contributed by atoms with van der Waals surface area (Å²) >= 11 is 1.94. The molecule has 0 unspecified atom stereocenters. The van der Waals surface area contributed by atoms with Gasteiger partial charge in [-0.2, -0.15) is 16.5 Å². The minimum absolute atomic E-state index is 0.0586. The van der Waals surface area contributed by atoms with Gasteiger partial charge in [-0.25, -0.2) is 8.42 Å². The molecule has 2 heterocycles. The maximum atomic E-state index is 12.9. The summed E-state index contributed by atoms with van der Waals surface area (Å²) < 4.78 is 32.0. The molecule has 2 aliphatic heterocycles. The summed E-state index contributed by atoms with van der Waals surface area (Å²) in [7, 11) is -3.65. The van der Waals surface area contributed by atoms with Crippen molar-refractivity contribution in [1.82, 2.24) is 9.62 Å². The first-order valence-corrected chi connectivity index (χ1v) is 11.0. The highest BCUT2D eigenvalue weighted by Crippen LogP contribution is 2.39. The zero-order chi connectivity index (χ0) is 18.6. The molecule has 140 valence electrons. The van der Waals surface area contributed by atoms with E-state index in [-0.39, 0.29) is 22.1 Å². The van der Waals surface area contributed by atoms with E-state index in [1.54, 1.807) is 12.1 Å². The lowest BCUT2D eigenvalue weighted by molar-refractivity contribution is 0.0536.